The fourth-order valence-corrected chi connectivity index (χ4v) is 5.24. The van der Waals surface area contributed by atoms with Gasteiger partial charge in [-0.2, -0.15) is 18.3 Å². The molecule has 0 saturated heterocycles. The predicted molar refractivity (Wildman–Crippen MR) is 114 cm³/mol. The van der Waals surface area contributed by atoms with Crippen molar-refractivity contribution >= 4 is 26.8 Å². The van der Waals surface area contributed by atoms with Crippen LogP contribution in [0.15, 0.2) is 53.4 Å². The Bertz CT molecular complexity index is 1280. The molecule has 4 aromatic rings. The lowest BCUT2D eigenvalue weighted by atomic mass is 9.58. The van der Waals surface area contributed by atoms with Gasteiger partial charge < -0.3 is 4.57 Å². The molecule has 1 saturated carbocycles. The number of hydrogen-bond donors (Lipinski definition) is 0. The van der Waals surface area contributed by atoms with E-state index in [9.17, 15) is 13.2 Å². The molecule has 0 N–H and O–H groups in total. The molecule has 0 radical (unpaired) electrons. The van der Waals surface area contributed by atoms with Crippen LogP contribution in [-0.4, -0.2) is 24.5 Å². The number of aromatic nitrogens is 5. The largest absolute Gasteiger partial charge is 0.417 e. The monoisotopic (exact) mass is 489 g/mol. The summed E-state index contributed by atoms with van der Waals surface area (Å²) in [7, 11) is 1.93. The van der Waals surface area contributed by atoms with E-state index in [0.717, 1.165) is 30.3 Å². The highest BCUT2D eigenvalue weighted by atomic mass is 79.9. The van der Waals surface area contributed by atoms with Crippen LogP contribution < -0.4 is 0 Å². The molecule has 5 rings (SSSR count). The Hall–Kier alpha value is -2.68. The van der Waals surface area contributed by atoms with Crippen molar-refractivity contribution in [2.75, 3.05) is 0 Å². The quantitative estimate of drug-likeness (QED) is 0.373. The highest BCUT2D eigenvalue weighted by molar-refractivity contribution is 9.10. The van der Waals surface area contributed by atoms with Gasteiger partial charge in [-0.25, -0.2) is 4.68 Å². The normalized spacial score (nSPS) is 21.4. The standard InChI is InChI=1S/C22H19BrF3N5/c1-13-9-21(10-13,20-28-27-12-30(20)2)14-4-3-5-16(6-14)31-11-17-18(22(24,25)26)7-15(23)8-19(17)29-31/h3-8,11-13H,9-10H2,1-2H3. The Kier molecular flexibility index (Phi) is 4.51. The zero-order valence-corrected chi connectivity index (χ0v) is 18.4. The molecule has 9 heteroatoms. The van der Waals surface area contributed by atoms with Gasteiger partial charge in [0, 0.05) is 23.1 Å². The highest BCUT2D eigenvalue weighted by Crippen LogP contribution is 2.51. The first-order chi connectivity index (χ1) is 14.7. The molecule has 0 amide bonds. The van der Waals surface area contributed by atoms with E-state index in [0.29, 0.717) is 16.1 Å². The SMILES string of the molecule is CC1CC(c2cccc(-n3cc4c(C(F)(F)F)cc(Br)cc4n3)c2)(c2nncn2C)C1. The minimum absolute atomic E-state index is 0.0707. The van der Waals surface area contributed by atoms with Crippen LogP contribution >= 0.6 is 15.9 Å². The zero-order chi connectivity index (χ0) is 22.0. The maximum Gasteiger partial charge on any atom is 0.417 e. The third kappa shape index (κ3) is 3.26. The summed E-state index contributed by atoms with van der Waals surface area (Å²) in [5, 5.41) is 12.9. The van der Waals surface area contributed by atoms with Crippen LogP contribution in [0.25, 0.3) is 16.6 Å². The smallest absolute Gasteiger partial charge is 0.320 e. The van der Waals surface area contributed by atoms with E-state index in [1.807, 2.05) is 35.9 Å². The maximum absolute atomic E-state index is 13.5. The van der Waals surface area contributed by atoms with E-state index in [-0.39, 0.29) is 16.3 Å². The molecule has 5 nitrogen and oxygen atoms in total. The average molecular weight is 490 g/mol. The van der Waals surface area contributed by atoms with E-state index in [4.69, 9.17) is 0 Å². The lowest BCUT2D eigenvalue weighted by molar-refractivity contribution is -0.136. The number of hydrogen-bond acceptors (Lipinski definition) is 3. The number of halogens is 4. The molecule has 31 heavy (non-hydrogen) atoms. The second-order valence-electron chi connectivity index (χ2n) is 8.37. The Morgan fingerprint density at radius 1 is 1.16 bits per heavy atom. The summed E-state index contributed by atoms with van der Waals surface area (Å²) in [6.45, 7) is 2.20. The number of nitrogens with zero attached hydrogens (tertiary/aromatic N) is 5. The topological polar surface area (TPSA) is 48.5 Å². The van der Waals surface area contributed by atoms with E-state index in [2.05, 4.69) is 38.1 Å². The Labute approximate surface area is 185 Å². The van der Waals surface area contributed by atoms with Crippen LogP contribution in [0.3, 0.4) is 0 Å². The van der Waals surface area contributed by atoms with E-state index in [1.54, 1.807) is 12.4 Å². The van der Waals surface area contributed by atoms with Crippen molar-refractivity contribution in [1.82, 2.24) is 24.5 Å². The molecule has 2 aromatic heterocycles. The number of alkyl halides is 3. The lowest BCUT2D eigenvalue weighted by Crippen LogP contribution is -2.43. The van der Waals surface area contributed by atoms with Crippen LogP contribution in [0.4, 0.5) is 13.2 Å². The van der Waals surface area contributed by atoms with Crippen LogP contribution in [-0.2, 0) is 18.6 Å². The molecule has 2 heterocycles. The molecule has 1 fully saturated rings. The van der Waals surface area contributed by atoms with Gasteiger partial charge in [-0.3, -0.25) is 0 Å². The van der Waals surface area contributed by atoms with Crippen molar-refractivity contribution in [3.8, 4) is 5.69 Å². The third-order valence-electron chi connectivity index (χ3n) is 6.09. The molecule has 1 aliphatic carbocycles. The van der Waals surface area contributed by atoms with Crippen molar-refractivity contribution in [2.45, 2.75) is 31.4 Å². The molecular weight excluding hydrogens is 471 g/mol. The van der Waals surface area contributed by atoms with Gasteiger partial charge in [-0.05, 0) is 48.6 Å². The van der Waals surface area contributed by atoms with Crippen LogP contribution in [0.5, 0.6) is 0 Å². The van der Waals surface area contributed by atoms with Gasteiger partial charge in [-0.15, -0.1) is 10.2 Å². The fourth-order valence-electron chi connectivity index (χ4n) is 4.80. The Morgan fingerprint density at radius 3 is 2.58 bits per heavy atom. The van der Waals surface area contributed by atoms with E-state index in [1.165, 1.54) is 10.9 Å². The second-order valence-corrected chi connectivity index (χ2v) is 9.28. The zero-order valence-electron chi connectivity index (χ0n) is 16.9. The molecule has 160 valence electrons. The molecule has 1 aliphatic rings. The van der Waals surface area contributed by atoms with Crippen molar-refractivity contribution in [2.24, 2.45) is 13.0 Å². The first kappa shape index (κ1) is 20.2. The maximum atomic E-state index is 13.5. The third-order valence-corrected chi connectivity index (χ3v) is 6.55. The molecule has 2 aromatic carbocycles. The molecule has 0 bridgehead atoms. The lowest BCUT2D eigenvalue weighted by Gasteiger charge is -2.46. The average Bonchev–Trinajstić information content (AvgIpc) is 3.30. The summed E-state index contributed by atoms with van der Waals surface area (Å²) in [6.07, 6.45) is 0.558. The Morgan fingerprint density at radius 2 is 1.94 bits per heavy atom. The molecule has 0 atom stereocenters. The second kappa shape index (κ2) is 6.91. The number of aryl methyl sites for hydroxylation is 1. The summed E-state index contributed by atoms with van der Waals surface area (Å²) in [5.41, 5.74) is 1.10. The summed E-state index contributed by atoms with van der Waals surface area (Å²) in [4.78, 5) is 0. The molecule has 0 aliphatic heterocycles. The highest BCUT2D eigenvalue weighted by Gasteiger charge is 2.48. The fraction of sp³-hybridized carbons (Fsp3) is 0.318. The van der Waals surface area contributed by atoms with Crippen molar-refractivity contribution in [3.05, 3.63) is 70.3 Å². The van der Waals surface area contributed by atoms with Crippen LogP contribution in [0.2, 0.25) is 0 Å². The minimum Gasteiger partial charge on any atom is -0.320 e. The van der Waals surface area contributed by atoms with E-state index < -0.39 is 11.7 Å². The number of fused-ring (bicyclic) bond motifs is 1. The molecule has 0 unspecified atom stereocenters. The predicted octanol–water partition coefficient (Wildman–Crippen LogP) is 5.65. The van der Waals surface area contributed by atoms with Crippen LogP contribution in [0.1, 0.15) is 36.7 Å². The summed E-state index contributed by atoms with van der Waals surface area (Å²) >= 11 is 3.17. The Balaban J connectivity index is 1.63. The van der Waals surface area contributed by atoms with Gasteiger partial charge in [0.15, 0.2) is 0 Å². The minimum atomic E-state index is -4.46. The van der Waals surface area contributed by atoms with Gasteiger partial charge in [-0.1, -0.05) is 35.0 Å². The van der Waals surface area contributed by atoms with Gasteiger partial charge in [0.1, 0.15) is 12.2 Å². The van der Waals surface area contributed by atoms with Crippen molar-refractivity contribution < 1.29 is 13.2 Å². The van der Waals surface area contributed by atoms with Gasteiger partial charge in [0.25, 0.3) is 0 Å². The molecular formula is C22H19BrF3N5. The van der Waals surface area contributed by atoms with Gasteiger partial charge in [0.05, 0.1) is 22.2 Å². The van der Waals surface area contributed by atoms with Crippen molar-refractivity contribution in [1.29, 1.82) is 0 Å². The number of benzene rings is 2. The molecule has 0 spiro atoms. The van der Waals surface area contributed by atoms with Crippen molar-refractivity contribution in [3.63, 3.8) is 0 Å². The van der Waals surface area contributed by atoms with E-state index >= 15 is 0 Å². The first-order valence-electron chi connectivity index (χ1n) is 9.89. The van der Waals surface area contributed by atoms with Crippen LogP contribution in [0, 0.1) is 5.92 Å². The first-order valence-corrected chi connectivity index (χ1v) is 10.7. The summed E-state index contributed by atoms with van der Waals surface area (Å²) in [5.74, 6) is 1.45. The summed E-state index contributed by atoms with van der Waals surface area (Å²) < 4.78 is 44.4. The van der Waals surface area contributed by atoms with Gasteiger partial charge >= 0.3 is 6.18 Å². The summed E-state index contributed by atoms with van der Waals surface area (Å²) in [6, 6.07) is 10.5. The van der Waals surface area contributed by atoms with Gasteiger partial charge in [0.2, 0.25) is 0 Å². The number of rotatable bonds is 3.